The third-order valence-electron chi connectivity index (χ3n) is 5.81. The summed E-state index contributed by atoms with van der Waals surface area (Å²) in [6.07, 6.45) is 3.16. The van der Waals surface area contributed by atoms with Crippen molar-refractivity contribution in [2.45, 2.75) is 58.6 Å². The minimum Gasteiger partial charge on any atom is -0.493 e. The molecule has 2 aliphatic heterocycles. The third-order valence-corrected chi connectivity index (χ3v) is 5.81. The number of methoxy groups -OCH3 is 1. The van der Waals surface area contributed by atoms with Crippen molar-refractivity contribution in [1.82, 2.24) is 4.90 Å². The third kappa shape index (κ3) is 4.76. The van der Waals surface area contributed by atoms with Crippen molar-refractivity contribution < 1.29 is 19.7 Å². The van der Waals surface area contributed by atoms with Gasteiger partial charge in [0.25, 0.3) is 0 Å². The van der Waals surface area contributed by atoms with Crippen LogP contribution in [0.1, 0.15) is 57.2 Å². The Kier molecular flexibility index (Phi) is 6.34. The van der Waals surface area contributed by atoms with Crippen LogP contribution in [-0.2, 0) is 6.42 Å². The number of benzene rings is 1. The molecule has 1 saturated heterocycles. The molecule has 0 aliphatic carbocycles. The van der Waals surface area contributed by atoms with Gasteiger partial charge in [-0.25, -0.2) is 0 Å². The van der Waals surface area contributed by atoms with Crippen LogP contribution >= 0.6 is 0 Å². The number of aliphatic hydroxyl groups excluding tert-OH is 2. The van der Waals surface area contributed by atoms with Crippen LogP contribution in [0.4, 0.5) is 0 Å². The van der Waals surface area contributed by atoms with Crippen LogP contribution in [0.15, 0.2) is 12.1 Å². The summed E-state index contributed by atoms with van der Waals surface area (Å²) in [5.74, 6) is 1.82. The van der Waals surface area contributed by atoms with Crippen molar-refractivity contribution >= 4 is 0 Å². The summed E-state index contributed by atoms with van der Waals surface area (Å²) in [7, 11) is 1.66. The largest absolute Gasteiger partial charge is 0.493 e. The van der Waals surface area contributed by atoms with Crippen LogP contribution < -0.4 is 9.47 Å². The standard InChI is InChI=1S/C22H35NO4/c1-22(2,3)13-16-14-23-7-6-15-10-21(27-9-5-8-24)20(26-4)11-17(15)18(23)12-19(16)25/h10-11,16,18-19,24-25H,5-9,12-14H2,1-4H3/t16-,18-,19-/m1/s1. The quantitative estimate of drug-likeness (QED) is 0.746. The van der Waals surface area contributed by atoms with Gasteiger partial charge in [-0.05, 0) is 53.9 Å². The second-order valence-electron chi connectivity index (χ2n) is 9.22. The maximum Gasteiger partial charge on any atom is 0.161 e. The van der Waals surface area contributed by atoms with Crippen molar-refractivity contribution in [3.8, 4) is 11.5 Å². The fourth-order valence-corrected chi connectivity index (χ4v) is 4.61. The minimum atomic E-state index is -0.261. The van der Waals surface area contributed by atoms with Gasteiger partial charge < -0.3 is 19.7 Å². The Morgan fingerprint density at radius 1 is 1.22 bits per heavy atom. The lowest BCUT2D eigenvalue weighted by Crippen LogP contribution is -2.48. The monoisotopic (exact) mass is 377 g/mol. The molecular formula is C22H35NO4. The molecule has 0 amide bonds. The highest BCUT2D eigenvalue weighted by Gasteiger charge is 2.39. The summed E-state index contributed by atoms with van der Waals surface area (Å²) in [6.45, 7) is 9.33. The molecule has 5 heteroatoms. The van der Waals surface area contributed by atoms with Gasteiger partial charge in [-0.1, -0.05) is 20.8 Å². The van der Waals surface area contributed by atoms with Gasteiger partial charge in [0.1, 0.15) is 0 Å². The van der Waals surface area contributed by atoms with E-state index in [1.54, 1.807) is 7.11 Å². The highest BCUT2D eigenvalue weighted by molar-refractivity contribution is 5.49. The van der Waals surface area contributed by atoms with Crippen molar-refractivity contribution in [3.63, 3.8) is 0 Å². The van der Waals surface area contributed by atoms with E-state index in [0.717, 1.165) is 43.9 Å². The first-order valence-corrected chi connectivity index (χ1v) is 10.2. The molecule has 1 fully saturated rings. The molecule has 2 N–H and O–H groups in total. The Labute approximate surface area is 163 Å². The molecule has 0 radical (unpaired) electrons. The van der Waals surface area contributed by atoms with Crippen molar-refractivity contribution in [2.24, 2.45) is 11.3 Å². The zero-order valence-electron chi connectivity index (χ0n) is 17.2. The average Bonchev–Trinajstić information content (AvgIpc) is 2.61. The van der Waals surface area contributed by atoms with E-state index in [2.05, 4.69) is 37.8 Å². The van der Waals surface area contributed by atoms with E-state index in [1.807, 2.05) is 0 Å². The lowest BCUT2D eigenvalue weighted by Gasteiger charge is -2.47. The molecule has 1 aromatic rings. The maximum atomic E-state index is 10.8. The summed E-state index contributed by atoms with van der Waals surface area (Å²) >= 11 is 0. The first kappa shape index (κ1) is 20.4. The van der Waals surface area contributed by atoms with Gasteiger partial charge in [-0.2, -0.15) is 0 Å². The van der Waals surface area contributed by atoms with Crippen molar-refractivity contribution in [1.29, 1.82) is 0 Å². The minimum absolute atomic E-state index is 0.123. The van der Waals surface area contributed by atoms with Crippen LogP contribution in [0.25, 0.3) is 0 Å². The Balaban J connectivity index is 1.80. The molecule has 3 atom stereocenters. The maximum absolute atomic E-state index is 10.8. The number of aliphatic hydroxyl groups is 2. The fourth-order valence-electron chi connectivity index (χ4n) is 4.61. The molecule has 27 heavy (non-hydrogen) atoms. The van der Waals surface area contributed by atoms with Crippen molar-refractivity contribution in [3.05, 3.63) is 23.3 Å². The number of piperidine rings is 1. The molecule has 1 aromatic carbocycles. The fraction of sp³-hybridized carbons (Fsp3) is 0.727. The lowest BCUT2D eigenvalue weighted by atomic mass is 9.75. The van der Waals surface area contributed by atoms with E-state index in [0.29, 0.717) is 18.9 Å². The molecule has 0 saturated carbocycles. The molecule has 2 aliphatic rings. The Morgan fingerprint density at radius 2 is 2.00 bits per heavy atom. The predicted molar refractivity (Wildman–Crippen MR) is 106 cm³/mol. The summed E-state index contributed by atoms with van der Waals surface area (Å²) in [4.78, 5) is 2.54. The molecular weight excluding hydrogens is 342 g/mol. The molecule has 2 heterocycles. The van der Waals surface area contributed by atoms with Gasteiger partial charge in [0.05, 0.1) is 19.8 Å². The van der Waals surface area contributed by atoms with Gasteiger partial charge in [-0.15, -0.1) is 0 Å². The normalized spacial score (nSPS) is 25.6. The summed E-state index contributed by atoms with van der Waals surface area (Å²) in [5, 5.41) is 19.8. The Bertz CT molecular complexity index is 640. The van der Waals surface area contributed by atoms with Gasteiger partial charge in [0.15, 0.2) is 11.5 Å². The smallest absolute Gasteiger partial charge is 0.161 e. The molecule has 0 aromatic heterocycles. The van der Waals surface area contributed by atoms with E-state index in [4.69, 9.17) is 14.6 Å². The predicted octanol–water partition coefficient (Wildman–Crippen LogP) is 3.17. The van der Waals surface area contributed by atoms with E-state index in [-0.39, 0.29) is 24.2 Å². The summed E-state index contributed by atoms with van der Waals surface area (Å²) in [5.41, 5.74) is 2.79. The highest BCUT2D eigenvalue weighted by atomic mass is 16.5. The highest BCUT2D eigenvalue weighted by Crippen LogP contribution is 2.44. The van der Waals surface area contributed by atoms with Gasteiger partial charge in [0.2, 0.25) is 0 Å². The van der Waals surface area contributed by atoms with E-state index in [1.165, 1.54) is 11.1 Å². The number of ether oxygens (including phenoxy) is 2. The first-order valence-electron chi connectivity index (χ1n) is 10.2. The molecule has 0 spiro atoms. The van der Waals surface area contributed by atoms with Gasteiger partial charge in [0, 0.05) is 32.2 Å². The number of nitrogens with zero attached hydrogens (tertiary/aromatic N) is 1. The van der Waals surface area contributed by atoms with Gasteiger partial charge >= 0.3 is 0 Å². The number of hydrogen-bond donors (Lipinski definition) is 2. The first-order chi connectivity index (χ1) is 12.8. The zero-order valence-corrected chi connectivity index (χ0v) is 17.2. The van der Waals surface area contributed by atoms with E-state index < -0.39 is 0 Å². The second-order valence-corrected chi connectivity index (χ2v) is 9.22. The van der Waals surface area contributed by atoms with E-state index >= 15 is 0 Å². The lowest BCUT2D eigenvalue weighted by molar-refractivity contribution is -0.0259. The second kappa shape index (κ2) is 8.38. The van der Waals surface area contributed by atoms with Crippen LogP contribution in [0.3, 0.4) is 0 Å². The van der Waals surface area contributed by atoms with Crippen LogP contribution in [0, 0.1) is 11.3 Å². The van der Waals surface area contributed by atoms with Crippen LogP contribution in [0.2, 0.25) is 0 Å². The van der Waals surface area contributed by atoms with E-state index in [9.17, 15) is 5.11 Å². The van der Waals surface area contributed by atoms with Crippen molar-refractivity contribution in [2.75, 3.05) is 33.4 Å². The molecule has 0 bridgehead atoms. The SMILES string of the molecule is COc1cc2c(cc1OCCCO)CCN1C[C@@H](CC(C)(C)C)[C@H](O)C[C@H]21. The Morgan fingerprint density at radius 3 is 2.67 bits per heavy atom. The molecule has 0 unspecified atom stereocenters. The number of fused-ring (bicyclic) bond motifs is 3. The zero-order chi connectivity index (χ0) is 19.6. The molecule has 152 valence electrons. The van der Waals surface area contributed by atoms with Crippen LogP contribution in [-0.4, -0.2) is 54.6 Å². The molecule has 5 nitrogen and oxygen atoms in total. The van der Waals surface area contributed by atoms with Crippen LogP contribution in [0.5, 0.6) is 11.5 Å². The van der Waals surface area contributed by atoms with Gasteiger partial charge in [-0.3, -0.25) is 4.90 Å². The topological polar surface area (TPSA) is 62.2 Å². The summed E-state index contributed by atoms with van der Waals surface area (Å²) in [6, 6.07) is 4.44. The number of hydrogen-bond acceptors (Lipinski definition) is 5. The average molecular weight is 378 g/mol. The number of rotatable bonds is 6. The molecule has 3 rings (SSSR count). The Hall–Kier alpha value is -1.30. The summed E-state index contributed by atoms with van der Waals surface area (Å²) < 4.78 is 11.4.